The predicted octanol–water partition coefficient (Wildman–Crippen LogP) is 3.50. The molecule has 0 aliphatic heterocycles. The monoisotopic (exact) mass is 222 g/mol. The van der Waals surface area contributed by atoms with E-state index in [2.05, 4.69) is 0 Å². The first kappa shape index (κ1) is 12.6. The van der Waals surface area contributed by atoms with Crippen LogP contribution in [0.15, 0.2) is 10.5 Å². The molecule has 0 aliphatic carbocycles. The van der Waals surface area contributed by atoms with Gasteiger partial charge in [0.05, 0.1) is 6.61 Å². The zero-order valence-corrected chi connectivity index (χ0v) is 10.3. The summed E-state index contributed by atoms with van der Waals surface area (Å²) in [5, 5.41) is 0. The number of hydrogen-bond donors (Lipinski definition) is 0. The zero-order chi connectivity index (χ0) is 12.1. The summed E-state index contributed by atoms with van der Waals surface area (Å²) in [6.07, 6.45) is 4.84. The van der Waals surface area contributed by atoms with Crippen molar-refractivity contribution >= 4 is 12.0 Å². The molecule has 0 unspecified atom stereocenters. The molecule has 0 aromatic carbocycles. The lowest BCUT2D eigenvalue weighted by atomic mass is 10.1. The minimum Gasteiger partial charge on any atom is -0.465 e. The molecule has 0 amide bonds. The lowest BCUT2D eigenvalue weighted by Gasteiger charge is -2.01. The van der Waals surface area contributed by atoms with Gasteiger partial charge in [0, 0.05) is 5.56 Å². The van der Waals surface area contributed by atoms with Gasteiger partial charge in [0.15, 0.2) is 0 Å². The molecule has 1 rings (SSSR count). The van der Waals surface area contributed by atoms with E-state index in [0.29, 0.717) is 17.9 Å². The molecule has 0 saturated heterocycles. The van der Waals surface area contributed by atoms with Gasteiger partial charge in [0.2, 0.25) is 0 Å². The van der Waals surface area contributed by atoms with Crippen molar-refractivity contribution in [3.8, 4) is 0 Å². The number of ether oxygens (including phenoxy) is 1. The summed E-state index contributed by atoms with van der Waals surface area (Å²) in [5.41, 5.74) is 1.38. The van der Waals surface area contributed by atoms with Crippen molar-refractivity contribution in [2.75, 3.05) is 6.61 Å². The van der Waals surface area contributed by atoms with Crippen LogP contribution in [0.25, 0.3) is 6.08 Å². The number of allylic oxidation sites excluding steroid dienone is 1. The molecule has 0 aliphatic rings. The van der Waals surface area contributed by atoms with Gasteiger partial charge in [0.1, 0.15) is 17.1 Å². The molecule has 1 aromatic heterocycles. The van der Waals surface area contributed by atoms with Crippen LogP contribution < -0.4 is 0 Å². The number of carbonyl (C=O) groups is 1. The van der Waals surface area contributed by atoms with Crippen LogP contribution in [0.3, 0.4) is 0 Å². The molecule has 0 radical (unpaired) electrons. The Morgan fingerprint density at radius 2 is 2.00 bits per heavy atom. The smallest absolute Gasteiger partial charge is 0.342 e. The quantitative estimate of drug-likeness (QED) is 0.732. The second-order valence-electron chi connectivity index (χ2n) is 3.53. The maximum atomic E-state index is 11.7. The third-order valence-electron chi connectivity index (χ3n) is 2.31. The molecule has 16 heavy (non-hydrogen) atoms. The fraction of sp³-hybridized carbons (Fsp3) is 0.462. The number of rotatable bonds is 4. The molecule has 0 atom stereocenters. The van der Waals surface area contributed by atoms with Gasteiger partial charge < -0.3 is 9.15 Å². The maximum Gasteiger partial charge on any atom is 0.342 e. The van der Waals surface area contributed by atoms with Crippen LogP contribution in [0.5, 0.6) is 0 Å². The Kier molecular flexibility index (Phi) is 4.35. The van der Waals surface area contributed by atoms with Gasteiger partial charge in [0.25, 0.3) is 0 Å². The Morgan fingerprint density at radius 3 is 2.56 bits per heavy atom. The van der Waals surface area contributed by atoms with Crippen molar-refractivity contribution in [3.63, 3.8) is 0 Å². The first-order valence-corrected chi connectivity index (χ1v) is 5.55. The number of esters is 1. The molecule has 3 heteroatoms. The summed E-state index contributed by atoms with van der Waals surface area (Å²) in [6.45, 7) is 7.84. The average molecular weight is 222 g/mol. The van der Waals surface area contributed by atoms with Crippen molar-refractivity contribution in [1.29, 1.82) is 0 Å². The highest BCUT2D eigenvalue weighted by Crippen LogP contribution is 2.24. The fourth-order valence-corrected chi connectivity index (χ4v) is 1.59. The molecule has 0 fully saturated rings. The van der Waals surface area contributed by atoms with E-state index in [-0.39, 0.29) is 5.97 Å². The fourth-order valence-electron chi connectivity index (χ4n) is 1.59. The van der Waals surface area contributed by atoms with Gasteiger partial charge in [-0.05, 0) is 27.2 Å². The Morgan fingerprint density at radius 1 is 1.31 bits per heavy atom. The van der Waals surface area contributed by atoms with E-state index in [1.165, 1.54) is 0 Å². The number of hydrogen-bond acceptors (Lipinski definition) is 3. The Bertz CT molecular complexity index is 400. The van der Waals surface area contributed by atoms with E-state index in [0.717, 1.165) is 17.7 Å². The van der Waals surface area contributed by atoms with Crippen molar-refractivity contribution in [3.05, 3.63) is 28.7 Å². The van der Waals surface area contributed by atoms with E-state index >= 15 is 0 Å². The Hall–Kier alpha value is -1.51. The first-order chi connectivity index (χ1) is 7.61. The van der Waals surface area contributed by atoms with Crippen LogP contribution in [0, 0.1) is 13.8 Å². The van der Waals surface area contributed by atoms with Crippen molar-refractivity contribution in [2.24, 2.45) is 0 Å². The SMILES string of the molecule is CC/C=C/c1c(C)oc(C)c1C(=O)OCC. The summed E-state index contributed by atoms with van der Waals surface area (Å²) in [4.78, 5) is 11.7. The van der Waals surface area contributed by atoms with E-state index in [4.69, 9.17) is 9.15 Å². The zero-order valence-electron chi connectivity index (χ0n) is 10.3. The van der Waals surface area contributed by atoms with E-state index in [9.17, 15) is 4.79 Å². The van der Waals surface area contributed by atoms with Crippen LogP contribution in [-0.4, -0.2) is 12.6 Å². The van der Waals surface area contributed by atoms with Crippen LogP contribution >= 0.6 is 0 Å². The molecular weight excluding hydrogens is 204 g/mol. The normalized spacial score (nSPS) is 11.0. The highest BCUT2D eigenvalue weighted by Gasteiger charge is 2.20. The average Bonchev–Trinajstić information content (AvgIpc) is 2.50. The maximum absolute atomic E-state index is 11.7. The summed E-state index contributed by atoms with van der Waals surface area (Å²) in [6, 6.07) is 0. The first-order valence-electron chi connectivity index (χ1n) is 5.55. The molecule has 0 bridgehead atoms. The summed E-state index contributed by atoms with van der Waals surface area (Å²) >= 11 is 0. The summed E-state index contributed by atoms with van der Waals surface area (Å²) < 4.78 is 10.5. The molecule has 0 N–H and O–H groups in total. The minimum absolute atomic E-state index is 0.312. The highest BCUT2D eigenvalue weighted by atomic mass is 16.5. The largest absolute Gasteiger partial charge is 0.465 e. The molecule has 88 valence electrons. The standard InChI is InChI=1S/C13H18O3/c1-5-7-8-11-9(3)16-10(4)12(11)13(14)15-6-2/h7-8H,5-6H2,1-4H3/b8-7+. The van der Waals surface area contributed by atoms with E-state index in [1.54, 1.807) is 13.8 Å². The number of furan rings is 1. The van der Waals surface area contributed by atoms with Crippen LogP contribution in [0.2, 0.25) is 0 Å². The van der Waals surface area contributed by atoms with Gasteiger partial charge in [-0.3, -0.25) is 0 Å². The van der Waals surface area contributed by atoms with Crippen molar-refractivity contribution < 1.29 is 13.9 Å². The summed E-state index contributed by atoms with van der Waals surface area (Å²) in [7, 11) is 0. The molecule has 0 saturated carbocycles. The molecular formula is C13H18O3. The second-order valence-corrected chi connectivity index (χ2v) is 3.53. The Balaban J connectivity index is 3.15. The highest BCUT2D eigenvalue weighted by molar-refractivity contribution is 5.95. The molecule has 1 aromatic rings. The van der Waals surface area contributed by atoms with Crippen molar-refractivity contribution in [1.82, 2.24) is 0 Å². The van der Waals surface area contributed by atoms with Crippen LogP contribution in [-0.2, 0) is 4.74 Å². The minimum atomic E-state index is -0.312. The van der Waals surface area contributed by atoms with Crippen LogP contribution in [0.1, 0.15) is 47.7 Å². The van der Waals surface area contributed by atoms with Crippen molar-refractivity contribution in [2.45, 2.75) is 34.1 Å². The predicted molar refractivity (Wildman–Crippen MR) is 63.5 cm³/mol. The van der Waals surface area contributed by atoms with Gasteiger partial charge in [-0.1, -0.05) is 19.1 Å². The molecule has 3 nitrogen and oxygen atoms in total. The molecule has 1 heterocycles. The van der Waals surface area contributed by atoms with Gasteiger partial charge in [-0.25, -0.2) is 4.79 Å². The lowest BCUT2D eigenvalue weighted by molar-refractivity contribution is 0.0524. The number of aryl methyl sites for hydroxylation is 2. The topological polar surface area (TPSA) is 39.4 Å². The second kappa shape index (κ2) is 5.54. The Labute approximate surface area is 96.1 Å². The third kappa shape index (κ3) is 2.54. The van der Waals surface area contributed by atoms with E-state index in [1.807, 2.05) is 26.0 Å². The van der Waals surface area contributed by atoms with Gasteiger partial charge in [-0.15, -0.1) is 0 Å². The van der Waals surface area contributed by atoms with Gasteiger partial charge in [-0.2, -0.15) is 0 Å². The van der Waals surface area contributed by atoms with Crippen LogP contribution in [0.4, 0.5) is 0 Å². The number of carbonyl (C=O) groups excluding carboxylic acids is 1. The summed E-state index contributed by atoms with van der Waals surface area (Å²) in [5.74, 6) is 1.06. The van der Waals surface area contributed by atoms with Gasteiger partial charge >= 0.3 is 5.97 Å². The lowest BCUT2D eigenvalue weighted by Crippen LogP contribution is -2.06. The molecule has 0 spiro atoms. The third-order valence-corrected chi connectivity index (χ3v) is 2.31. The van der Waals surface area contributed by atoms with E-state index < -0.39 is 0 Å².